The van der Waals surface area contributed by atoms with Crippen molar-refractivity contribution in [2.45, 2.75) is 13.5 Å². The molecule has 26 heavy (non-hydrogen) atoms. The van der Waals surface area contributed by atoms with Crippen LogP contribution in [0.5, 0.6) is 11.5 Å². The summed E-state index contributed by atoms with van der Waals surface area (Å²) in [6, 6.07) is 22.2. The number of aryl methyl sites for hydroxylation is 1. The van der Waals surface area contributed by atoms with E-state index in [2.05, 4.69) is 29.4 Å². The minimum absolute atomic E-state index is 0.535. The zero-order valence-corrected chi connectivity index (χ0v) is 14.8. The molecule has 0 amide bonds. The van der Waals surface area contributed by atoms with Gasteiger partial charge in [0.2, 0.25) is 0 Å². The fourth-order valence-corrected chi connectivity index (χ4v) is 3.09. The summed E-state index contributed by atoms with van der Waals surface area (Å²) in [5.41, 5.74) is 4.23. The number of methoxy groups -OCH3 is 1. The van der Waals surface area contributed by atoms with Gasteiger partial charge in [-0.25, -0.2) is 4.68 Å². The molecule has 0 aliphatic rings. The van der Waals surface area contributed by atoms with Crippen molar-refractivity contribution in [3.63, 3.8) is 0 Å². The summed E-state index contributed by atoms with van der Waals surface area (Å²) < 4.78 is 13.3. The van der Waals surface area contributed by atoms with Crippen molar-refractivity contribution in [1.82, 2.24) is 9.78 Å². The predicted molar refractivity (Wildman–Crippen MR) is 103 cm³/mol. The van der Waals surface area contributed by atoms with Crippen LogP contribution in [0, 0.1) is 6.92 Å². The van der Waals surface area contributed by atoms with Crippen molar-refractivity contribution in [2.75, 3.05) is 7.11 Å². The Kier molecular flexibility index (Phi) is 4.32. The van der Waals surface area contributed by atoms with E-state index in [9.17, 15) is 0 Å². The molecule has 0 aliphatic carbocycles. The lowest BCUT2D eigenvalue weighted by Gasteiger charge is -2.10. The second-order valence-electron chi connectivity index (χ2n) is 6.17. The quantitative estimate of drug-likeness (QED) is 0.515. The molecule has 0 unspecified atom stereocenters. The molecule has 0 fully saturated rings. The molecule has 0 N–H and O–H groups in total. The molecule has 1 heterocycles. The third-order valence-corrected chi connectivity index (χ3v) is 4.43. The van der Waals surface area contributed by atoms with Crippen molar-refractivity contribution in [2.24, 2.45) is 0 Å². The van der Waals surface area contributed by atoms with Crippen molar-refractivity contribution in [3.05, 3.63) is 84.1 Å². The molecular weight excluding hydrogens is 324 g/mol. The van der Waals surface area contributed by atoms with Gasteiger partial charge in [0.05, 0.1) is 29.9 Å². The van der Waals surface area contributed by atoms with E-state index in [0.29, 0.717) is 6.61 Å². The van der Waals surface area contributed by atoms with Crippen LogP contribution >= 0.6 is 0 Å². The highest BCUT2D eigenvalue weighted by atomic mass is 16.5. The average Bonchev–Trinajstić information content (AvgIpc) is 3.12. The lowest BCUT2D eigenvalue weighted by molar-refractivity contribution is 0.310. The van der Waals surface area contributed by atoms with Gasteiger partial charge in [-0.05, 0) is 48.4 Å². The average molecular weight is 344 g/mol. The van der Waals surface area contributed by atoms with Crippen molar-refractivity contribution >= 4 is 10.9 Å². The maximum absolute atomic E-state index is 6.04. The van der Waals surface area contributed by atoms with Gasteiger partial charge in [0.15, 0.2) is 0 Å². The molecule has 0 bridgehead atoms. The van der Waals surface area contributed by atoms with Crippen molar-refractivity contribution in [3.8, 4) is 17.2 Å². The number of hydrogen-bond donors (Lipinski definition) is 0. The number of aromatic nitrogens is 2. The minimum atomic E-state index is 0.535. The van der Waals surface area contributed by atoms with Crippen LogP contribution in [0.25, 0.3) is 16.6 Å². The van der Waals surface area contributed by atoms with Crippen LogP contribution in [0.2, 0.25) is 0 Å². The first-order chi connectivity index (χ1) is 12.8. The Morgan fingerprint density at radius 1 is 0.923 bits per heavy atom. The molecule has 0 aliphatic heterocycles. The molecule has 4 nitrogen and oxygen atoms in total. The van der Waals surface area contributed by atoms with Gasteiger partial charge in [0.1, 0.15) is 18.1 Å². The van der Waals surface area contributed by atoms with Gasteiger partial charge in [0.25, 0.3) is 0 Å². The van der Waals surface area contributed by atoms with Crippen LogP contribution in [0.3, 0.4) is 0 Å². The maximum atomic E-state index is 6.04. The normalized spacial score (nSPS) is 10.8. The molecule has 0 spiro atoms. The van der Waals surface area contributed by atoms with Crippen LogP contribution in [0.1, 0.15) is 11.1 Å². The Labute approximate surface area is 152 Å². The van der Waals surface area contributed by atoms with E-state index in [1.165, 1.54) is 0 Å². The molecule has 3 aromatic carbocycles. The third-order valence-electron chi connectivity index (χ3n) is 4.43. The molecular formula is C22H20N2O2. The highest BCUT2D eigenvalue weighted by Gasteiger charge is 2.11. The predicted octanol–water partition coefficient (Wildman–Crippen LogP) is 4.92. The largest absolute Gasteiger partial charge is 0.496 e. The van der Waals surface area contributed by atoms with E-state index in [1.54, 1.807) is 7.11 Å². The van der Waals surface area contributed by atoms with Gasteiger partial charge < -0.3 is 9.47 Å². The van der Waals surface area contributed by atoms with Gasteiger partial charge in [-0.1, -0.05) is 36.4 Å². The fourth-order valence-electron chi connectivity index (χ4n) is 3.09. The number of hydrogen-bond acceptors (Lipinski definition) is 3. The van der Waals surface area contributed by atoms with Gasteiger partial charge >= 0.3 is 0 Å². The molecule has 0 saturated carbocycles. The van der Waals surface area contributed by atoms with Crippen LogP contribution < -0.4 is 9.47 Å². The van der Waals surface area contributed by atoms with Gasteiger partial charge in [0, 0.05) is 0 Å². The Hall–Kier alpha value is -3.27. The maximum Gasteiger partial charge on any atom is 0.130 e. The summed E-state index contributed by atoms with van der Waals surface area (Å²) >= 11 is 0. The standard InChI is InChI=1S/C22H20N2O2/c1-16-13-18(11-12-21(16)25-2)24-20-9-6-10-22(19(20)14-23-24)26-15-17-7-4-3-5-8-17/h3-14H,15H2,1-2H3. The summed E-state index contributed by atoms with van der Waals surface area (Å²) in [5.74, 6) is 1.71. The SMILES string of the molecule is COc1ccc(-n2ncc3c(OCc4ccccc4)cccc32)cc1C. The lowest BCUT2D eigenvalue weighted by Crippen LogP contribution is -1.98. The number of benzene rings is 3. The zero-order valence-electron chi connectivity index (χ0n) is 14.8. The Bertz CT molecular complexity index is 1040. The first-order valence-electron chi connectivity index (χ1n) is 8.55. The molecule has 130 valence electrons. The van der Waals surface area contributed by atoms with Crippen LogP contribution in [-0.4, -0.2) is 16.9 Å². The molecule has 0 atom stereocenters. The summed E-state index contributed by atoms with van der Waals surface area (Å²) in [7, 11) is 1.68. The Balaban J connectivity index is 1.68. The van der Waals surface area contributed by atoms with Gasteiger partial charge in [-0.15, -0.1) is 0 Å². The highest BCUT2D eigenvalue weighted by molar-refractivity contribution is 5.86. The zero-order chi connectivity index (χ0) is 17.9. The summed E-state index contributed by atoms with van der Waals surface area (Å²) in [4.78, 5) is 0. The van der Waals surface area contributed by atoms with E-state index < -0.39 is 0 Å². The number of ether oxygens (including phenoxy) is 2. The van der Waals surface area contributed by atoms with E-state index >= 15 is 0 Å². The number of rotatable bonds is 5. The van der Waals surface area contributed by atoms with Gasteiger partial charge in [-0.2, -0.15) is 5.10 Å². The fraction of sp³-hybridized carbons (Fsp3) is 0.136. The van der Waals surface area contributed by atoms with Crippen LogP contribution in [-0.2, 0) is 6.61 Å². The van der Waals surface area contributed by atoms with Crippen molar-refractivity contribution < 1.29 is 9.47 Å². The summed E-state index contributed by atoms with van der Waals surface area (Å²) in [6.07, 6.45) is 1.86. The van der Waals surface area contributed by atoms with E-state index in [1.807, 2.05) is 60.3 Å². The minimum Gasteiger partial charge on any atom is -0.496 e. The number of nitrogens with zero attached hydrogens (tertiary/aromatic N) is 2. The Morgan fingerprint density at radius 2 is 1.77 bits per heavy atom. The molecule has 1 aromatic heterocycles. The van der Waals surface area contributed by atoms with Crippen LogP contribution in [0.15, 0.2) is 72.9 Å². The smallest absolute Gasteiger partial charge is 0.130 e. The number of fused-ring (bicyclic) bond motifs is 1. The summed E-state index contributed by atoms with van der Waals surface area (Å²) in [6.45, 7) is 2.56. The summed E-state index contributed by atoms with van der Waals surface area (Å²) in [5, 5.41) is 5.57. The molecule has 4 rings (SSSR count). The molecule has 0 saturated heterocycles. The first-order valence-corrected chi connectivity index (χ1v) is 8.55. The monoisotopic (exact) mass is 344 g/mol. The second kappa shape index (κ2) is 6.92. The first kappa shape index (κ1) is 16.2. The highest BCUT2D eigenvalue weighted by Crippen LogP contribution is 2.29. The second-order valence-corrected chi connectivity index (χ2v) is 6.17. The van der Waals surface area contributed by atoms with Gasteiger partial charge in [-0.3, -0.25) is 0 Å². The van der Waals surface area contributed by atoms with Crippen molar-refractivity contribution in [1.29, 1.82) is 0 Å². The molecule has 4 heteroatoms. The lowest BCUT2D eigenvalue weighted by atomic mass is 10.2. The van der Waals surface area contributed by atoms with E-state index in [-0.39, 0.29) is 0 Å². The molecule has 0 radical (unpaired) electrons. The third kappa shape index (κ3) is 3.02. The van der Waals surface area contributed by atoms with E-state index in [4.69, 9.17) is 9.47 Å². The Morgan fingerprint density at radius 3 is 2.54 bits per heavy atom. The molecule has 4 aromatic rings. The van der Waals surface area contributed by atoms with E-state index in [0.717, 1.165) is 39.2 Å². The van der Waals surface area contributed by atoms with Crippen LogP contribution in [0.4, 0.5) is 0 Å². The topological polar surface area (TPSA) is 36.3 Å².